The van der Waals surface area contributed by atoms with Crippen molar-refractivity contribution in [2.45, 2.75) is 231 Å². The fraction of sp³-hybridized carbons (Fsp3) is 0.824. The lowest BCUT2D eigenvalue weighted by molar-refractivity contribution is -0.887. The van der Waals surface area contributed by atoms with Crippen molar-refractivity contribution in [1.29, 1.82) is 0 Å². The van der Waals surface area contributed by atoms with E-state index in [1.165, 1.54) is 116 Å². The smallest absolute Gasteiger partial charge is 0.362 e. The predicted molar refractivity (Wildman–Crippen MR) is 248 cm³/mol. The summed E-state index contributed by atoms with van der Waals surface area (Å²) >= 11 is 0. The highest BCUT2D eigenvalue weighted by molar-refractivity contribution is 5.72. The van der Waals surface area contributed by atoms with Crippen LogP contribution in [-0.2, 0) is 28.6 Å². The average Bonchev–Trinajstić information content (AvgIpc) is 3.19. The third kappa shape index (κ3) is 40.7. The standard InChI is InChI=1S/C51H93NO7/c1-6-8-10-12-14-16-18-20-22-23-24-25-26-27-28-30-31-33-35-37-39-41-49(53)58-46-47(45-57-44-43-48(51(55)56)52(3,4)5)59-50(54)42-40-38-36-34-32-29-21-19-17-15-13-11-9-7-2/h9,11,15,17,21,29,47-48H,6-8,10,12-14,16,18-20,22-28,30-46H2,1-5H3/p+1/b11-9+,17-15+,29-21+. The number of carbonyl (C=O) groups excluding carboxylic acids is 2. The lowest BCUT2D eigenvalue weighted by Gasteiger charge is -2.31. The predicted octanol–water partition coefficient (Wildman–Crippen LogP) is 13.8. The molecule has 0 radical (unpaired) electrons. The molecule has 1 N–H and O–H groups in total. The minimum absolute atomic E-state index is 0.0544. The molecule has 344 valence electrons. The summed E-state index contributed by atoms with van der Waals surface area (Å²) in [5.41, 5.74) is 0. The molecule has 2 atom stereocenters. The molecule has 0 aromatic carbocycles. The Bertz CT molecular complexity index is 1060. The maximum atomic E-state index is 12.7. The van der Waals surface area contributed by atoms with Crippen LogP contribution in [0.25, 0.3) is 0 Å². The quantitative estimate of drug-likeness (QED) is 0.0282. The van der Waals surface area contributed by atoms with Crippen LogP contribution in [0.15, 0.2) is 36.5 Å². The Labute approximate surface area is 364 Å². The Morgan fingerprint density at radius 2 is 0.949 bits per heavy atom. The molecule has 2 unspecified atom stereocenters. The van der Waals surface area contributed by atoms with E-state index in [1.807, 2.05) is 21.1 Å². The lowest BCUT2D eigenvalue weighted by Crippen LogP contribution is -2.50. The Morgan fingerprint density at radius 3 is 1.41 bits per heavy atom. The van der Waals surface area contributed by atoms with Gasteiger partial charge in [0.05, 0.1) is 34.4 Å². The molecule has 8 nitrogen and oxygen atoms in total. The number of hydrogen-bond donors (Lipinski definition) is 1. The Balaban J connectivity index is 4.22. The van der Waals surface area contributed by atoms with Gasteiger partial charge in [0, 0.05) is 19.3 Å². The summed E-state index contributed by atoms with van der Waals surface area (Å²) < 4.78 is 17.3. The zero-order valence-corrected chi connectivity index (χ0v) is 39.2. The van der Waals surface area contributed by atoms with Crippen molar-refractivity contribution >= 4 is 17.9 Å². The zero-order chi connectivity index (χ0) is 43.5. The maximum absolute atomic E-state index is 12.7. The Hall–Kier alpha value is -2.45. The monoisotopic (exact) mass is 833 g/mol. The summed E-state index contributed by atoms with van der Waals surface area (Å²) in [4.78, 5) is 37.1. The van der Waals surface area contributed by atoms with Gasteiger partial charge in [0.2, 0.25) is 0 Å². The maximum Gasteiger partial charge on any atom is 0.362 e. The number of carboxylic acids is 1. The first kappa shape index (κ1) is 56.5. The molecule has 0 bridgehead atoms. The molecule has 0 saturated heterocycles. The van der Waals surface area contributed by atoms with Gasteiger partial charge in [-0.25, -0.2) is 4.79 Å². The van der Waals surface area contributed by atoms with E-state index in [0.717, 1.165) is 70.6 Å². The van der Waals surface area contributed by atoms with E-state index in [9.17, 15) is 19.5 Å². The third-order valence-electron chi connectivity index (χ3n) is 11.1. The van der Waals surface area contributed by atoms with Crippen molar-refractivity contribution in [3.05, 3.63) is 36.5 Å². The molecule has 0 aliphatic carbocycles. The number of carboxylic acid groups (broad SMARTS) is 1. The highest BCUT2D eigenvalue weighted by Crippen LogP contribution is 2.16. The molecule has 0 aliphatic rings. The number of aliphatic carboxylic acids is 1. The molecule has 59 heavy (non-hydrogen) atoms. The molecule has 0 aromatic rings. The molecular formula is C51H94NO7+. The Kier molecular flexibility index (Phi) is 40.5. The van der Waals surface area contributed by atoms with Gasteiger partial charge >= 0.3 is 17.9 Å². The van der Waals surface area contributed by atoms with Crippen LogP contribution in [0, 0.1) is 0 Å². The fourth-order valence-corrected chi connectivity index (χ4v) is 7.28. The second-order valence-corrected chi connectivity index (χ2v) is 17.7. The van der Waals surface area contributed by atoms with Crippen LogP contribution in [0.5, 0.6) is 0 Å². The minimum Gasteiger partial charge on any atom is -0.477 e. The molecule has 8 heteroatoms. The van der Waals surface area contributed by atoms with Crippen LogP contribution in [0.2, 0.25) is 0 Å². The average molecular weight is 833 g/mol. The van der Waals surface area contributed by atoms with Crippen molar-refractivity contribution in [3.63, 3.8) is 0 Å². The van der Waals surface area contributed by atoms with Crippen molar-refractivity contribution in [3.8, 4) is 0 Å². The SMILES string of the molecule is CC/C=C/C/C=C/C/C=C/CCCCCCC(=O)OC(COCCC(C(=O)O)[N+](C)(C)C)COC(=O)CCCCCCCCCCCCCCCCCCCCCCC. The highest BCUT2D eigenvalue weighted by atomic mass is 16.6. The van der Waals surface area contributed by atoms with Crippen molar-refractivity contribution in [2.24, 2.45) is 0 Å². The topological polar surface area (TPSA) is 99.1 Å². The van der Waals surface area contributed by atoms with E-state index in [0.29, 0.717) is 19.3 Å². The second kappa shape index (κ2) is 42.2. The first-order chi connectivity index (χ1) is 28.6. The summed E-state index contributed by atoms with van der Waals surface area (Å²) in [7, 11) is 5.53. The van der Waals surface area contributed by atoms with Gasteiger partial charge in [0.25, 0.3) is 0 Å². The van der Waals surface area contributed by atoms with Gasteiger partial charge in [-0.2, -0.15) is 0 Å². The van der Waals surface area contributed by atoms with Gasteiger partial charge in [-0.3, -0.25) is 9.59 Å². The van der Waals surface area contributed by atoms with Crippen molar-refractivity contribution in [2.75, 3.05) is 41.0 Å². The van der Waals surface area contributed by atoms with Crippen LogP contribution < -0.4 is 0 Å². The number of carbonyl (C=O) groups is 3. The number of hydrogen-bond acceptors (Lipinski definition) is 6. The van der Waals surface area contributed by atoms with Crippen LogP contribution in [0.1, 0.15) is 219 Å². The molecule has 0 amide bonds. The largest absolute Gasteiger partial charge is 0.477 e. The van der Waals surface area contributed by atoms with Crippen LogP contribution in [0.4, 0.5) is 0 Å². The van der Waals surface area contributed by atoms with Gasteiger partial charge < -0.3 is 23.8 Å². The molecule has 0 aliphatic heterocycles. The fourth-order valence-electron chi connectivity index (χ4n) is 7.28. The van der Waals surface area contributed by atoms with Crippen LogP contribution >= 0.6 is 0 Å². The van der Waals surface area contributed by atoms with E-state index in [-0.39, 0.29) is 36.2 Å². The molecule has 0 aromatic heterocycles. The van der Waals surface area contributed by atoms with Gasteiger partial charge in [0.1, 0.15) is 6.61 Å². The van der Waals surface area contributed by atoms with E-state index in [1.54, 1.807) is 0 Å². The van der Waals surface area contributed by atoms with E-state index >= 15 is 0 Å². The van der Waals surface area contributed by atoms with Gasteiger partial charge in [0.15, 0.2) is 12.1 Å². The number of esters is 2. The number of quaternary nitrogens is 1. The number of ether oxygens (including phenoxy) is 3. The molecular weight excluding hydrogens is 739 g/mol. The van der Waals surface area contributed by atoms with Gasteiger partial charge in [-0.15, -0.1) is 0 Å². The second-order valence-electron chi connectivity index (χ2n) is 17.7. The van der Waals surface area contributed by atoms with Gasteiger partial charge in [-0.05, 0) is 44.9 Å². The summed E-state index contributed by atoms with van der Waals surface area (Å²) in [6.45, 7) is 4.63. The van der Waals surface area contributed by atoms with Crippen LogP contribution in [0.3, 0.4) is 0 Å². The van der Waals surface area contributed by atoms with E-state index < -0.39 is 18.1 Å². The molecule has 0 heterocycles. The third-order valence-corrected chi connectivity index (χ3v) is 11.1. The minimum atomic E-state index is -0.877. The Morgan fingerprint density at radius 1 is 0.525 bits per heavy atom. The van der Waals surface area contributed by atoms with Crippen molar-refractivity contribution < 1.29 is 38.2 Å². The summed E-state index contributed by atoms with van der Waals surface area (Å²) in [5.74, 6) is -1.49. The van der Waals surface area contributed by atoms with E-state index in [2.05, 4.69) is 50.3 Å². The zero-order valence-electron chi connectivity index (χ0n) is 39.2. The van der Waals surface area contributed by atoms with Crippen molar-refractivity contribution in [1.82, 2.24) is 0 Å². The van der Waals surface area contributed by atoms with Gasteiger partial charge in [-0.1, -0.05) is 192 Å². The number of unbranched alkanes of at least 4 members (excludes halogenated alkanes) is 24. The summed E-state index contributed by atoms with van der Waals surface area (Å²) in [5, 5.41) is 9.63. The molecule has 0 fully saturated rings. The molecule has 0 saturated carbocycles. The lowest BCUT2D eigenvalue weighted by atomic mass is 10.0. The number of rotatable bonds is 44. The summed E-state index contributed by atoms with van der Waals surface area (Å²) in [6.07, 6.45) is 49.1. The number of nitrogens with zero attached hydrogens (tertiary/aromatic N) is 1. The molecule has 0 spiro atoms. The summed E-state index contributed by atoms with van der Waals surface area (Å²) in [6, 6.07) is -0.618. The first-order valence-corrected chi connectivity index (χ1v) is 24.5. The van der Waals surface area contributed by atoms with Crippen LogP contribution in [-0.4, -0.2) is 80.6 Å². The highest BCUT2D eigenvalue weighted by Gasteiger charge is 2.31. The number of allylic oxidation sites excluding steroid dienone is 6. The number of likely N-dealkylation sites (N-methyl/N-ethyl adjacent to an activating group) is 1. The molecule has 0 rings (SSSR count). The normalized spacial score (nSPS) is 13.2. The first-order valence-electron chi connectivity index (χ1n) is 24.5. The van der Waals surface area contributed by atoms with E-state index in [4.69, 9.17) is 14.2 Å².